The fraction of sp³-hybridized carbons (Fsp3) is 0.500. The Morgan fingerprint density at radius 3 is 2.58 bits per heavy atom. The van der Waals surface area contributed by atoms with Crippen LogP contribution in [0.3, 0.4) is 0 Å². The average Bonchev–Trinajstić information content (AvgIpc) is 2.22. The van der Waals surface area contributed by atoms with Gasteiger partial charge in [-0.1, -0.05) is 20.8 Å². The molecule has 1 unspecified atom stereocenters. The Hall–Kier alpha value is -1.62. The van der Waals surface area contributed by atoms with Gasteiger partial charge < -0.3 is 16.2 Å². The molecule has 0 aromatic heterocycles. The molecule has 1 aromatic rings. The van der Waals surface area contributed by atoms with Crippen molar-refractivity contribution in [3.63, 3.8) is 0 Å². The van der Waals surface area contributed by atoms with Crippen LogP contribution < -0.4 is 11.1 Å². The molecule has 4 N–H and O–H groups in total. The normalized spacial score (nSPS) is 13.1. The number of nitrogens with one attached hydrogen (secondary N) is 1. The summed E-state index contributed by atoms with van der Waals surface area (Å²) in [5.74, 6) is -1.00. The third kappa shape index (κ3) is 5.70. The highest BCUT2D eigenvalue weighted by Crippen LogP contribution is 2.20. The van der Waals surface area contributed by atoms with E-state index in [0.717, 1.165) is 12.1 Å². The van der Waals surface area contributed by atoms with Gasteiger partial charge in [0.05, 0.1) is 6.10 Å². The summed E-state index contributed by atoms with van der Waals surface area (Å²) in [6, 6.07) is 3.65. The lowest BCUT2D eigenvalue weighted by atomic mass is 9.89. The van der Waals surface area contributed by atoms with Gasteiger partial charge in [-0.2, -0.15) is 0 Å². The van der Waals surface area contributed by atoms with Gasteiger partial charge in [0, 0.05) is 17.8 Å². The molecule has 0 saturated carbocycles. The van der Waals surface area contributed by atoms with E-state index in [2.05, 4.69) is 5.32 Å². The number of hydrogen-bond acceptors (Lipinski definition) is 3. The van der Waals surface area contributed by atoms with Gasteiger partial charge in [-0.15, -0.1) is 0 Å². The number of benzene rings is 1. The Morgan fingerprint density at radius 2 is 2.05 bits per heavy atom. The molecule has 0 aliphatic rings. The number of halogens is 1. The lowest BCUT2D eigenvalue weighted by molar-refractivity contribution is 0.0868. The first-order valence-electron chi connectivity index (χ1n) is 6.20. The standard InChI is InChI=1S/C14H21FN2O2/c1-14(2,3)7-12(18)8-17-13(19)9-4-10(15)6-11(16)5-9/h4-6,12,18H,7-8,16H2,1-3H3,(H,17,19). The van der Waals surface area contributed by atoms with Crippen LogP contribution in [0.2, 0.25) is 0 Å². The molecule has 0 fully saturated rings. The molecule has 1 atom stereocenters. The third-order valence-electron chi connectivity index (χ3n) is 2.53. The molecule has 1 rings (SSSR count). The van der Waals surface area contributed by atoms with Crippen molar-refractivity contribution < 1.29 is 14.3 Å². The summed E-state index contributed by atoms with van der Waals surface area (Å²) >= 11 is 0. The lowest BCUT2D eigenvalue weighted by Crippen LogP contribution is -2.34. The molecule has 0 bridgehead atoms. The van der Waals surface area contributed by atoms with E-state index in [9.17, 15) is 14.3 Å². The van der Waals surface area contributed by atoms with Crippen molar-refractivity contribution in [2.45, 2.75) is 33.3 Å². The molecule has 1 amide bonds. The van der Waals surface area contributed by atoms with Crippen molar-refractivity contribution in [2.24, 2.45) is 5.41 Å². The molecule has 0 aliphatic heterocycles. The molecule has 1 aromatic carbocycles. The summed E-state index contributed by atoms with van der Waals surface area (Å²) in [5, 5.41) is 12.3. The number of rotatable bonds is 4. The first-order valence-corrected chi connectivity index (χ1v) is 6.20. The van der Waals surface area contributed by atoms with E-state index in [4.69, 9.17) is 5.73 Å². The van der Waals surface area contributed by atoms with E-state index in [-0.39, 0.29) is 23.2 Å². The van der Waals surface area contributed by atoms with Gasteiger partial charge in [0.2, 0.25) is 0 Å². The Morgan fingerprint density at radius 1 is 1.42 bits per heavy atom. The maximum Gasteiger partial charge on any atom is 0.251 e. The van der Waals surface area contributed by atoms with Crippen LogP contribution in [0.4, 0.5) is 10.1 Å². The first-order chi connectivity index (χ1) is 8.67. The summed E-state index contributed by atoms with van der Waals surface area (Å²) in [7, 11) is 0. The maximum absolute atomic E-state index is 13.1. The highest BCUT2D eigenvalue weighted by molar-refractivity contribution is 5.95. The van der Waals surface area contributed by atoms with Crippen LogP contribution in [0, 0.1) is 11.2 Å². The summed E-state index contributed by atoms with van der Waals surface area (Å²) in [5.41, 5.74) is 5.79. The van der Waals surface area contributed by atoms with Gasteiger partial charge in [-0.05, 0) is 30.0 Å². The Balaban J connectivity index is 2.56. The first kappa shape index (κ1) is 15.4. The van der Waals surface area contributed by atoms with Gasteiger partial charge in [0.25, 0.3) is 5.91 Å². The highest BCUT2D eigenvalue weighted by atomic mass is 19.1. The zero-order chi connectivity index (χ0) is 14.6. The molecule has 0 radical (unpaired) electrons. The Labute approximate surface area is 112 Å². The molecule has 5 heteroatoms. The topological polar surface area (TPSA) is 75.3 Å². The summed E-state index contributed by atoms with van der Waals surface area (Å²) in [6.45, 7) is 6.15. The number of nitrogen functional groups attached to an aromatic ring is 1. The van der Waals surface area contributed by atoms with Crippen LogP contribution in [0.15, 0.2) is 18.2 Å². The predicted molar refractivity (Wildman–Crippen MR) is 73.2 cm³/mol. The zero-order valence-electron chi connectivity index (χ0n) is 11.5. The van der Waals surface area contributed by atoms with Crippen molar-refractivity contribution in [3.05, 3.63) is 29.6 Å². The number of nitrogens with two attached hydrogens (primary N) is 1. The molecular weight excluding hydrogens is 247 g/mol. The number of anilines is 1. The third-order valence-corrected chi connectivity index (χ3v) is 2.53. The van der Waals surface area contributed by atoms with Gasteiger partial charge in [0.1, 0.15) is 5.82 Å². The van der Waals surface area contributed by atoms with E-state index in [0.29, 0.717) is 6.42 Å². The molecule has 19 heavy (non-hydrogen) atoms. The minimum atomic E-state index is -0.630. The molecule has 106 valence electrons. The fourth-order valence-electron chi connectivity index (χ4n) is 1.84. The second kappa shape index (κ2) is 6.02. The van der Waals surface area contributed by atoms with Crippen molar-refractivity contribution in [1.82, 2.24) is 5.32 Å². The Kier molecular flexibility index (Phi) is 4.89. The monoisotopic (exact) mass is 268 g/mol. The van der Waals surface area contributed by atoms with E-state index < -0.39 is 17.8 Å². The SMILES string of the molecule is CC(C)(C)CC(O)CNC(=O)c1cc(N)cc(F)c1. The predicted octanol–water partition coefficient (Wildman–Crippen LogP) is 1.93. The van der Waals surface area contributed by atoms with Crippen LogP contribution in [-0.2, 0) is 0 Å². The average molecular weight is 268 g/mol. The van der Waals surface area contributed by atoms with E-state index in [1.54, 1.807) is 0 Å². The van der Waals surface area contributed by atoms with Gasteiger partial charge >= 0.3 is 0 Å². The Bertz CT molecular complexity index is 435. The lowest BCUT2D eigenvalue weighted by Gasteiger charge is -2.22. The smallest absolute Gasteiger partial charge is 0.251 e. The number of carbonyl (C=O) groups excluding carboxylic acids is 1. The van der Waals surface area contributed by atoms with Gasteiger partial charge in [0.15, 0.2) is 0 Å². The maximum atomic E-state index is 13.1. The molecule has 0 saturated heterocycles. The van der Waals surface area contributed by atoms with Crippen LogP contribution in [0.1, 0.15) is 37.6 Å². The molecule has 0 spiro atoms. The number of carbonyl (C=O) groups is 1. The molecule has 0 aliphatic carbocycles. The van der Waals surface area contributed by atoms with E-state index >= 15 is 0 Å². The van der Waals surface area contributed by atoms with Crippen molar-refractivity contribution in [2.75, 3.05) is 12.3 Å². The van der Waals surface area contributed by atoms with Gasteiger partial charge in [-0.25, -0.2) is 4.39 Å². The summed E-state index contributed by atoms with van der Waals surface area (Å²) in [4.78, 5) is 11.8. The number of amides is 1. The van der Waals surface area contributed by atoms with Crippen molar-refractivity contribution >= 4 is 11.6 Å². The second-order valence-corrected chi connectivity index (χ2v) is 5.90. The van der Waals surface area contributed by atoms with Crippen LogP contribution >= 0.6 is 0 Å². The minimum Gasteiger partial charge on any atom is -0.399 e. The number of aliphatic hydroxyl groups excluding tert-OH is 1. The van der Waals surface area contributed by atoms with Crippen LogP contribution in [0.5, 0.6) is 0 Å². The number of aliphatic hydroxyl groups is 1. The fourth-order valence-corrected chi connectivity index (χ4v) is 1.84. The molecule has 4 nitrogen and oxygen atoms in total. The largest absolute Gasteiger partial charge is 0.399 e. The summed E-state index contributed by atoms with van der Waals surface area (Å²) < 4.78 is 13.1. The van der Waals surface area contributed by atoms with Crippen LogP contribution in [-0.4, -0.2) is 23.7 Å². The highest BCUT2D eigenvalue weighted by Gasteiger charge is 2.17. The zero-order valence-corrected chi connectivity index (χ0v) is 11.5. The van der Waals surface area contributed by atoms with Crippen molar-refractivity contribution in [1.29, 1.82) is 0 Å². The van der Waals surface area contributed by atoms with Gasteiger partial charge in [-0.3, -0.25) is 4.79 Å². The molecule has 0 heterocycles. The minimum absolute atomic E-state index is 0.0204. The molecular formula is C14H21FN2O2. The van der Waals surface area contributed by atoms with E-state index in [1.807, 2.05) is 20.8 Å². The quantitative estimate of drug-likeness (QED) is 0.730. The number of hydrogen-bond donors (Lipinski definition) is 3. The second-order valence-electron chi connectivity index (χ2n) is 5.90. The van der Waals surface area contributed by atoms with Crippen molar-refractivity contribution in [3.8, 4) is 0 Å². The summed E-state index contributed by atoms with van der Waals surface area (Å²) in [6.07, 6.45) is -0.0617. The van der Waals surface area contributed by atoms with Crippen LogP contribution in [0.25, 0.3) is 0 Å². The van der Waals surface area contributed by atoms with E-state index in [1.165, 1.54) is 6.07 Å².